The van der Waals surface area contributed by atoms with Crippen LogP contribution in [0.5, 0.6) is 5.75 Å². The van der Waals surface area contributed by atoms with Gasteiger partial charge in [-0.15, -0.1) is 0 Å². The van der Waals surface area contributed by atoms with Gasteiger partial charge in [0.2, 0.25) is 6.79 Å². The fourth-order valence-electron chi connectivity index (χ4n) is 1.66. The summed E-state index contributed by atoms with van der Waals surface area (Å²) < 4.78 is 9.95. The number of carbonyl (C=O) groups excluding carboxylic acids is 1. The lowest BCUT2D eigenvalue weighted by atomic mass is 10.0. The first kappa shape index (κ1) is 26.1. The molecule has 4 nitrogen and oxygen atoms in total. The Morgan fingerprint density at radius 3 is 1.79 bits per heavy atom. The van der Waals surface area contributed by atoms with Gasteiger partial charge in [-0.3, -0.25) is 4.79 Å². The molecule has 0 heterocycles. The van der Waals surface area contributed by atoms with E-state index in [9.17, 15) is 4.79 Å². The molecule has 0 aliphatic heterocycles. The minimum atomic E-state index is -0.376. The number of hydrogen-bond acceptors (Lipinski definition) is 4. The van der Waals surface area contributed by atoms with E-state index in [2.05, 4.69) is 6.07 Å². The van der Waals surface area contributed by atoms with Crippen LogP contribution in [0.25, 0.3) is 11.1 Å². The van der Waals surface area contributed by atoms with Gasteiger partial charge in [0.15, 0.2) is 0 Å². The van der Waals surface area contributed by atoms with E-state index in [0.29, 0.717) is 11.3 Å². The van der Waals surface area contributed by atoms with Crippen molar-refractivity contribution < 1.29 is 14.3 Å². The Hall–Kier alpha value is -2.80. The quantitative estimate of drug-likeness (QED) is 0.535. The number of rotatable bonds is 4. The number of carbonyl (C=O) groups is 1. The van der Waals surface area contributed by atoms with Gasteiger partial charge in [0, 0.05) is 6.92 Å². The van der Waals surface area contributed by atoms with Crippen LogP contribution in [0.15, 0.2) is 48.5 Å². The van der Waals surface area contributed by atoms with Crippen LogP contribution in [-0.4, -0.2) is 12.8 Å². The number of esters is 1. The maximum atomic E-state index is 10.6. The van der Waals surface area contributed by atoms with Crippen molar-refractivity contribution in [3.05, 3.63) is 54.1 Å². The third kappa shape index (κ3) is 7.46. The van der Waals surface area contributed by atoms with E-state index in [1.165, 1.54) is 6.92 Å². The van der Waals surface area contributed by atoms with Crippen molar-refractivity contribution in [1.29, 1.82) is 5.26 Å². The number of nitrogens with zero attached hydrogens (tertiary/aromatic N) is 1. The van der Waals surface area contributed by atoms with E-state index in [1.54, 1.807) is 24.3 Å². The zero-order valence-corrected chi connectivity index (χ0v) is 11.0. The van der Waals surface area contributed by atoms with Crippen LogP contribution in [0.2, 0.25) is 0 Å². The summed E-state index contributed by atoms with van der Waals surface area (Å²) in [6, 6.07) is 16.9. The van der Waals surface area contributed by atoms with Crippen molar-refractivity contribution in [2.45, 2.75) is 36.6 Å². The molecule has 0 atom stereocenters. The molecule has 0 amide bonds. The SMILES string of the molecule is C.C.C.C.CC(=O)OCOc1ccc(-c2ccc(C#N)cc2)cc1. The molecule has 2 rings (SSSR count). The summed E-state index contributed by atoms with van der Waals surface area (Å²) in [6.45, 7) is 1.24. The molecule has 0 unspecified atom stereocenters. The lowest BCUT2D eigenvalue weighted by Gasteiger charge is -2.07. The molecule has 0 aliphatic rings. The lowest BCUT2D eigenvalue weighted by molar-refractivity contribution is -0.147. The number of benzene rings is 2. The molecule has 0 radical (unpaired) electrons. The van der Waals surface area contributed by atoms with Gasteiger partial charge in [-0.1, -0.05) is 54.0 Å². The van der Waals surface area contributed by atoms with Gasteiger partial charge in [-0.2, -0.15) is 5.26 Å². The second-order valence-corrected chi connectivity index (χ2v) is 4.11. The first-order valence-corrected chi connectivity index (χ1v) is 6.06. The average molecular weight is 331 g/mol. The topological polar surface area (TPSA) is 59.3 Å². The summed E-state index contributed by atoms with van der Waals surface area (Å²) in [5.41, 5.74) is 2.68. The number of nitriles is 1. The predicted molar refractivity (Wildman–Crippen MR) is 101 cm³/mol. The monoisotopic (exact) mass is 331 g/mol. The summed E-state index contributed by atoms with van der Waals surface area (Å²) in [5, 5.41) is 8.75. The van der Waals surface area contributed by atoms with Crippen LogP contribution in [0.1, 0.15) is 42.2 Å². The van der Waals surface area contributed by atoms with Crippen molar-refractivity contribution in [3.63, 3.8) is 0 Å². The van der Waals surface area contributed by atoms with E-state index in [0.717, 1.165) is 11.1 Å². The van der Waals surface area contributed by atoms with Crippen molar-refractivity contribution in [2.24, 2.45) is 0 Å². The van der Waals surface area contributed by atoms with Gasteiger partial charge in [-0.05, 0) is 35.4 Å². The molecule has 132 valence electrons. The molecule has 2 aromatic rings. The second-order valence-electron chi connectivity index (χ2n) is 4.11. The fourth-order valence-corrected chi connectivity index (χ4v) is 1.66. The molecule has 4 heteroatoms. The van der Waals surface area contributed by atoms with Crippen LogP contribution in [0.3, 0.4) is 0 Å². The lowest BCUT2D eigenvalue weighted by Crippen LogP contribution is -2.06. The largest absolute Gasteiger partial charge is 0.457 e. The Morgan fingerprint density at radius 1 is 0.917 bits per heavy atom. The Balaban J connectivity index is -0.00000110. The Bertz CT molecular complexity index is 625. The minimum Gasteiger partial charge on any atom is -0.457 e. The second kappa shape index (κ2) is 12.7. The Kier molecular flexibility index (Phi) is 13.8. The highest BCUT2D eigenvalue weighted by molar-refractivity contribution is 5.66. The van der Waals surface area contributed by atoms with Gasteiger partial charge in [0.25, 0.3) is 0 Å². The van der Waals surface area contributed by atoms with Gasteiger partial charge in [0.05, 0.1) is 11.6 Å². The van der Waals surface area contributed by atoms with Crippen LogP contribution in [-0.2, 0) is 9.53 Å². The van der Waals surface area contributed by atoms with Gasteiger partial charge < -0.3 is 9.47 Å². The van der Waals surface area contributed by atoms with Gasteiger partial charge in [0.1, 0.15) is 5.75 Å². The third-order valence-corrected chi connectivity index (χ3v) is 2.69. The van der Waals surface area contributed by atoms with Crippen molar-refractivity contribution in [1.82, 2.24) is 0 Å². The highest BCUT2D eigenvalue weighted by atomic mass is 16.7. The van der Waals surface area contributed by atoms with Crippen molar-refractivity contribution in [3.8, 4) is 22.9 Å². The number of ether oxygens (including phenoxy) is 2. The van der Waals surface area contributed by atoms with Gasteiger partial charge in [-0.25, -0.2) is 0 Å². The van der Waals surface area contributed by atoms with E-state index < -0.39 is 0 Å². The van der Waals surface area contributed by atoms with Crippen LogP contribution >= 0.6 is 0 Å². The highest BCUT2D eigenvalue weighted by Gasteiger charge is 2.00. The fraction of sp³-hybridized carbons (Fsp3) is 0.300. The molecule has 24 heavy (non-hydrogen) atoms. The maximum absolute atomic E-state index is 10.6. The molecule has 0 saturated carbocycles. The standard InChI is InChI=1S/C16H13NO3.4CH4/c1-12(18)19-11-20-16-8-6-15(7-9-16)14-4-2-13(10-17)3-5-14;;;;/h2-9H,11H2,1H3;4*1H4. The van der Waals surface area contributed by atoms with Crippen molar-refractivity contribution in [2.75, 3.05) is 6.79 Å². The van der Waals surface area contributed by atoms with Crippen LogP contribution < -0.4 is 4.74 Å². The molecule has 0 N–H and O–H groups in total. The summed E-state index contributed by atoms with van der Waals surface area (Å²) >= 11 is 0. The average Bonchev–Trinajstić information content (AvgIpc) is 2.48. The minimum absolute atomic E-state index is 0. The molecular weight excluding hydrogens is 302 g/mol. The molecule has 0 fully saturated rings. The Labute approximate surface area is 146 Å². The summed E-state index contributed by atoms with van der Waals surface area (Å²) in [4.78, 5) is 10.6. The summed E-state index contributed by atoms with van der Waals surface area (Å²) in [7, 11) is 0. The maximum Gasteiger partial charge on any atom is 0.305 e. The highest BCUT2D eigenvalue weighted by Crippen LogP contribution is 2.22. The zero-order valence-electron chi connectivity index (χ0n) is 11.0. The molecule has 0 aromatic heterocycles. The Morgan fingerprint density at radius 2 is 1.38 bits per heavy atom. The first-order valence-electron chi connectivity index (χ1n) is 6.06. The van der Waals surface area contributed by atoms with E-state index in [4.69, 9.17) is 14.7 Å². The molecular formula is C20H29NO3. The molecule has 2 aromatic carbocycles. The van der Waals surface area contributed by atoms with Crippen LogP contribution in [0.4, 0.5) is 0 Å². The van der Waals surface area contributed by atoms with E-state index in [1.807, 2.05) is 24.3 Å². The molecule has 0 bridgehead atoms. The zero-order chi connectivity index (χ0) is 14.4. The molecule has 0 aliphatic carbocycles. The van der Waals surface area contributed by atoms with Gasteiger partial charge >= 0.3 is 5.97 Å². The van der Waals surface area contributed by atoms with Crippen LogP contribution in [0, 0.1) is 11.3 Å². The number of hydrogen-bond donors (Lipinski definition) is 0. The summed E-state index contributed by atoms with van der Waals surface area (Å²) in [6.07, 6.45) is 0. The molecule has 0 saturated heterocycles. The molecule has 0 spiro atoms. The first-order chi connectivity index (χ1) is 9.69. The predicted octanol–water partition coefficient (Wildman–Crippen LogP) is 5.67. The smallest absolute Gasteiger partial charge is 0.305 e. The van der Waals surface area contributed by atoms with E-state index in [-0.39, 0.29) is 42.5 Å². The third-order valence-electron chi connectivity index (χ3n) is 2.69. The normalized spacial score (nSPS) is 8.00. The van der Waals surface area contributed by atoms with E-state index >= 15 is 0 Å². The van der Waals surface area contributed by atoms with Crippen molar-refractivity contribution >= 4 is 5.97 Å². The summed E-state index contributed by atoms with van der Waals surface area (Å²) in [5.74, 6) is 0.253.